The number of rotatable bonds is 4. The molecule has 0 aromatic heterocycles. The zero-order valence-electron chi connectivity index (χ0n) is 15.2. The fraction of sp³-hybridized carbons (Fsp3) is 0.350. The maximum atomic E-state index is 13.0. The van der Waals surface area contributed by atoms with Crippen LogP contribution in [-0.2, 0) is 16.4 Å². The van der Waals surface area contributed by atoms with E-state index in [9.17, 15) is 17.6 Å². The Morgan fingerprint density at radius 2 is 1.67 bits per heavy atom. The van der Waals surface area contributed by atoms with Crippen LogP contribution in [0.3, 0.4) is 0 Å². The third kappa shape index (κ3) is 5.07. The van der Waals surface area contributed by atoms with E-state index >= 15 is 0 Å². The molecule has 2 amide bonds. The molecule has 2 aromatic carbocycles. The molecule has 1 aliphatic rings. The normalized spacial score (nSPS) is 15.6. The number of carbonyl (C=O) groups is 1. The number of hydrogen-bond acceptors (Lipinski definition) is 3. The predicted molar refractivity (Wildman–Crippen MR) is 101 cm³/mol. The number of nitrogens with one attached hydrogen (secondary N) is 1. The first-order chi connectivity index (χ1) is 12.8. The van der Waals surface area contributed by atoms with Crippen LogP contribution < -0.4 is 4.72 Å². The van der Waals surface area contributed by atoms with Gasteiger partial charge in [0.15, 0.2) is 0 Å². The van der Waals surface area contributed by atoms with E-state index in [4.69, 9.17) is 0 Å². The van der Waals surface area contributed by atoms with Crippen molar-refractivity contribution in [3.8, 4) is 0 Å². The molecule has 27 heavy (non-hydrogen) atoms. The van der Waals surface area contributed by atoms with Crippen LogP contribution in [-0.4, -0.2) is 32.4 Å². The highest BCUT2D eigenvalue weighted by atomic mass is 32.2. The SMILES string of the molecule is Cc1ccc(S(=O)(=O)NC(=O)N2CCC(Cc3ccc(F)cc3)CC2)cc1. The number of likely N-dealkylation sites (tertiary alicyclic amines) is 1. The van der Waals surface area contributed by atoms with Gasteiger partial charge in [-0.05, 0) is 61.9 Å². The number of benzene rings is 2. The molecule has 1 saturated heterocycles. The van der Waals surface area contributed by atoms with E-state index in [2.05, 4.69) is 4.72 Å². The number of amides is 2. The maximum Gasteiger partial charge on any atom is 0.331 e. The lowest BCUT2D eigenvalue weighted by Crippen LogP contribution is -2.46. The number of urea groups is 1. The molecule has 0 aliphatic carbocycles. The topological polar surface area (TPSA) is 66.5 Å². The van der Waals surface area contributed by atoms with Gasteiger partial charge in [0.25, 0.3) is 10.0 Å². The monoisotopic (exact) mass is 390 g/mol. The van der Waals surface area contributed by atoms with Crippen LogP contribution in [0.15, 0.2) is 53.4 Å². The van der Waals surface area contributed by atoms with E-state index in [0.717, 1.165) is 30.4 Å². The van der Waals surface area contributed by atoms with Gasteiger partial charge in [0.1, 0.15) is 5.82 Å². The third-order valence-corrected chi connectivity index (χ3v) is 6.23. The van der Waals surface area contributed by atoms with Gasteiger partial charge >= 0.3 is 6.03 Å². The predicted octanol–water partition coefficient (Wildman–Crippen LogP) is 3.49. The molecule has 0 unspecified atom stereocenters. The van der Waals surface area contributed by atoms with Crippen LogP contribution in [0.1, 0.15) is 24.0 Å². The Morgan fingerprint density at radius 1 is 1.07 bits per heavy atom. The van der Waals surface area contributed by atoms with E-state index in [1.807, 2.05) is 6.92 Å². The van der Waals surface area contributed by atoms with Crippen molar-refractivity contribution < 1.29 is 17.6 Å². The lowest BCUT2D eigenvalue weighted by molar-refractivity contribution is 0.175. The molecule has 0 spiro atoms. The summed E-state index contributed by atoms with van der Waals surface area (Å²) in [6.07, 6.45) is 2.40. The van der Waals surface area contributed by atoms with Crippen LogP contribution in [0.5, 0.6) is 0 Å². The summed E-state index contributed by atoms with van der Waals surface area (Å²) in [5.74, 6) is 0.147. The van der Waals surface area contributed by atoms with Crippen LogP contribution in [0, 0.1) is 18.7 Å². The van der Waals surface area contributed by atoms with E-state index in [-0.39, 0.29) is 10.7 Å². The van der Waals surface area contributed by atoms with Crippen molar-refractivity contribution in [2.75, 3.05) is 13.1 Å². The standard InChI is InChI=1S/C20H23FN2O3S/c1-15-2-8-19(9-3-15)27(25,26)22-20(24)23-12-10-17(11-13-23)14-16-4-6-18(21)7-5-16/h2-9,17H,10-14H2,1H3,(H,22,24). The van der Waals surface area contributed by atoms with Crippen molar-refractivity contribution in [2.24, 2.45) is 5.92 Å². The minimum atomic E-state index is -3.87. The highest BCUT2D eigenvalue weighted by molar-refractivity contribution is 7.90. The number of hydrogen-bond donors (Lipinski definition) is 1. The summed E-state index contributed by atoms with van der Waals surface area (Å²) < 4.78 is 39.8. The van der Waals surface area contributed by atoms with Gasteiger partial charge in [-0.15, -0.1) is 0 Å². The minimum Gasteiger partial charge on any atom is -0.324 e. The molecule has 144 valence electrons. The third-order valence-electron chi connectivity index (χ3n) is 4.89. The van der Waals surface area contributed by atoms with E-state index < -0.39 is 16.1 Å². The van der Waals surface area contributed by atoms with Crippen LogP contribution >= 0.6 is 0 Å². The molecule has 0 bridgehead atoms. The fourth-order valence-electron chi connectivity index (χ4n) is 3.25. The number of sulfonamides is 1. The molecule has 1 fully saturated rings. The van der Waals surface area contributed by atoms with Gasteiger partial charge in [-0.25, -0.2) is 22.3 Å². The van der Waals surface area contributed by atoms with Crippen molar-refractivity contribution in [2.45, 2.75) is 31.1 Å². The second-order valence-corrected chi connectivity index (χ2v) is 8.67. The summed E-state index contributed by atoms with van der Waals surface area (Å²) in [7, 11) is -3.87. The summed E-state index contributed by atoms with van der Waals surface area (Å²) in [6.45, 7) is 2.87. The quantitative estimate of drug-likeness (QED) is 0.869. The molecule has 2 aromatic rings. The minimum absolute atomic E-state index is 0.0765. The van der Waals surface area contributed by atoms with Crippen molar-refractivity contribution in [1.82, 2.24) is 9.62 Å². The number of aryl methyl sites for hydroxylation is 1. The van der Waals surface area contributed by atoms with Gasteiger partial charge in [0.2, 0.25) is 0 Å². The fourth-order valence-corrected chi connectivity index (χ4v) is 4.22. The first kappa shape index (κ1) is 19.4. The molecular weight excluding hydrogens is 367 g/mol. The Labute approximate surface area is 159 Å². The van der Waals surface area contributed by atoms with Gasteiger partial charge < -0.3 is 4.90 Å². The Kier molecular flexibility index (Phi) is 5.79. The Morgan fingerprint density at radius 3 is 2.26 bits per heavy atom. The summed E-state index contributed by atoms with van der Waals surface area (Å²) >= 11 is 0. The summed E-state index contributed by atoms with van der Waals surface area (Å²) in [6, 6.07) is 12.2. The van der Waals surface area contributed by atoms with E-state index in [1.165, 1.54) is 29.2 Å². The van der Waals surface area contributed by atoms with Gasteiger partial charge in [-0.3, -0.25) is 0 Å². The highest BCUT2D eigenvalue weighted by Crippen LogP contribution is 2.22. The molecule has 5 nitrogen and oxygen atoms in total. The van der Waals surface area contributed by atoms with Gasteiger partial charge in [0.05, 0.1) is 4.90 Å². The first-order valence-corrected chi connectivity index (χ1v) is 10.4. The Bertz CT molecular complexity index is 888. The summed E-state index contributed by atoms with van der Waals surface area (Å²) in [5.41, 5.74) is 2.02. The molecule has 0 radical (unpaired) electrons. The van der Waals surface area contributed by atoms with Crippen LogP contribution in [0.25, 0.3) is 0 Å². The average Bonchev–Trinajstić information content (AvgIpc) is 2.64. The molecular formula is C20H23FN2O3S. The smallest absolute Gasteiger partial charge is 0.324 e. The van der Waals surface area contributed by atoms with Crippen molar-refractivity contribution in [1.29, 1.82) is 0 Å². The number of carbonyl (C=O) groups excluding carboxylic acids is 1. The zero-order chi connectivity index (χ0) is 19.4. The second kappa shape index (κ2) is 8.08. The van der Waals surface area contributed by atoms with Crippen LogP contribution in [0.4, 0.5) is 9.18 Å². The van der Waals surface area contributed by atoms with Crippen molar-refractivity contribution in [3.63, 3.8) is 0 Å². The molecule has 1 heterocycles. The second-order valence-electron chi connectivity index (χ2n) is 6.98. The number of piperidine rings is 1. The molecule has 7 heteroatoms. The van der Waals surface area contributed by atoms with Gasteiger partial charge in [-0.2, -0.15) is 0 Å². The Balaban J connectivity index is 1.53. The molecule has 1 aliphatic heterocycles. The number of halogens is 1. The van der Waals surface area contributed by atoms with Crippen LogP contribution in [0.2, 0.25) is 0 Å². The van der Waals surface area contributed by atoms with E-state index in [0.29, 0.717) is 19.0 Å². The average molecular weight is 390 g/mol. The number of nitrogens with zero attached hydrogens (tertiary/aromatic N) is 1. The molecule has 0 saturated carbocycles. The molecule has 0 atom stereocenters. The summed E-state index contributed by atoms with van der Waals surface area (Å²) in [4.78, 5) is 14.0. The van der Waals surface area contributed by atoms with Crippen molar-refractivity contribution >= 4 is 16.1 Å². The summed E-state index contributed by atoms with van der Waals surface area (Å²) in [5, 5.41) is 0. The largest absolute Gasteiger partial charge is 0.331 e. The van der Waals surface area contributed by atoms with E-state index in [1.54, 1.807) is 24.3 Å². The molecule has 1 N–H and O–H groups in total. The lowest BCUT2D eigenvalue weighted by atomic mass is 9.90. The van der Waals surface area contributed by atoms with Crippen molar-refractivity contribution in [3.05, 3.63) is 65.5 Å². The molecule has 3 rings (SSSR count). The van der Waals surface area contributed by atoms with Gasteiger partial charge in [0, 0.05) is 13.1 Å². The maximum absolute atomic E-state index is 13.0. The highest BCUT2D eigenvalue weighted by Gasteiger charge is 2.26. The first-order valence-electron chi connectivity index (χ1n) is 8.96. The van der Waals surface area contributed by atoms with Gasteiger partial charge in [-0.1, -0.05) is 29.8 Å². The zero-order valence-corrected chi connectivity index (χ0v) is 16.0. The Hall–Kier alpha value is -2.41. The lowest BCUT2D eigenvalue weighted by Gasteiger charge is -2.32.